The van der Waals surface area contributed by atoms with Crippen LogP contribution in [0.25, 0.3) is 11.4 Å². The van der Waals surface area contributed by atoms with Crippen LogP contribution in [-0.2, 0) is 6.42 Å². The molecule has 0 saturated heterocycles. The van der Waals surface area contributed by atoms with Gasteiger partial charge in [0.05, 0.1) is 5.75 Å². The fourth-order valence-electron chi connectivity index (χ4n) is 2.37. The summed E-state index contributed by atoms with van der Waals surface area (Å²) in [7, 11) is 0. The summed E-state index contributed by atoms with van der Waals surface area (Å²) in [6, 6.07) is 15.9. The first-order valence-corrected chi connectivity index (χ1v) is 8.88. The number of nitrogens with zero attached hydrogens (tertiary/aromatic N) is 2. The van der Waals surface area contributed by atoms with E-state index in [9.17, 15) is 4.79 Å². The molecule has 0 unspecified atom stereocenters. The summed E-state index contributed by atoms with van der Waals surface area (Å²) in [6.45, 7) is 4.11. The average Bonchev–Trinajstić information content (AvgIpc) is 3.09. The van der Waals surface area contributed by atoms with Crippen LogP contribution < -0.4 is 0 Å². The normalized spacial score (nSPS) is 10.8. The first-order chi connectivity index (χ1) is 11.7. The van der Waals surface area contributed by atoms with E-state index in [1.165, 1.54) is 17.3 Å². The highest BCUT2D eigenvalue weighted by Gasteiger charge is 2.10. The minimum atomic E-state index is 0.0855. The second-order valence-electron chi connectivity index (χ2n) is 5.60. The summed E-state index contributed by atoms with van der Waals surface area (Å²) in [5.74, 6) is 1.14. The molecule has 0 saturated carbocycles. The molecule has 3 rings (SSSR count). The highest BCUT2D eigenvalue weighted by Crippen LogP contribution is 2.20. The molecule has 0 amide bonds. The molecule has 0 atom stereocenters. The van der Waals surface area contributed by atoms with E-state index in [4.69, 9.17) is 0 Å². The van der Waals surface area contributed by atoms with Crippen molar-refractivity contribution in [3.05, 3.63) is 65.2 Å². The van der Waals surface area contributed by atoms with Gasteiger partial charge in [0.25, 0.3) is 0 Å². The molecule has 0 aliphatic heterocycles. The van der Waals surface area contributed by atoms with Crippen molar-refractivity contribution < 1.29 is 4.79 Å². The van der Waals surface area contributed by atoms with Gasteiger partial charge in [-0.3, -0.25) is 9.89 Å². The Kier molecular flexibility index (Phi) is 5.11. The molecule has 0 fully saturated rings. The fourth-order valence-corrected chi connectivity index (χ4v) is 3.06. The maximum atomic E-state index is 12.2. The SMILES string of the molecule is CCc1ccc(-c2nc(SCC(=O)c3cccc(C)c3)n[nH]2)cc1. The number of aromatic nitrogens is 3. The zero-order chi connectivity index (χ0) is 16.9. The number of carbonyl (C=O) groups excluding carboxylic acids is 1. The van der Waals surface area contributed by atoms with Crippen LogP contribution in [0.4, 0.5) is 0 Å². The first kappa shape index (κ1) is 16.5. The Hall–Kier alpha value is -2.40. The van der Waals surface area contributed by atoms with Crippen LogP contribution in [0.1, 0.15) is 28.4 Å². The van der Waals surface area contributed by atoms with E-state index < -0.39 is 0 Å². The van der Waals surface area contributed by atoms with Crippen LogP contribution in [0, 0.1) is 6.92 Å². The maximum absolute atomic E-state index is 12.2. The molecule has 3 aromatic rings. The van der Waals surface area contributed by atoms with Gasteiger partial charge in [0.2, 0.25) is 5.16 Å². The van der Waals surface area contributed by atoms with Crippen LogP contribution in [0.5, 0.6) is 0 Å². The van der Waals surface area contributed by atoms with E-state index in [1.54, 1.807) is 0 Å². The monoisotopic (exact) mass is 337 g/mol. The molecule has 5 heteroatoms. The number of hydrogen-bond donors (Lipinski definition) is 1. The highest BCUT2D eigenvalue weighted by atomic mass is 32.2. The molecule has 4 nitrogen and oxygen atoms in total. The standard InChI is InChI=1S/C19H19N3OS/c1-3-14-7-9-15(10-8-14)18-20-19(22-21-18)24-12-17(23)16-6-4-5-13(2)11-16/h4-11H,3,12H2,1-2H3,(H,20,21,22). The number of H-pyrrole nitrogens is 1. The Bertz CT molecular complexity index is 840. The number of ketones is 1. The Morgan fingerprint density at radius 1 is 1.17 bits per heavy atom. The van der Waals surface area contributed by atoms with Gasteiger partial charge >= 0.3 is 0 Å². The molecule has 2 aromatic carbocycles. The molecule has 0 aliphatic carbocycles. The van der Waals surface area contributed by atoms with E-state index >= 15 is 0 Å². The summed E-state index contributed by atoms with van der Waals surface area (Å²) < 4.78 is 0. The zero-order valence-corrected chi connectivity index (χ0v) is 14.6. The summed E-state index contributed by atoms with van der Waals surface area (Å²) >= 11 is 1.35. The predicted octanol–water partition coefficient (Wildman–Crippen LogP) is 4.32. The third-order valence-corrected chi connectivity index (χ3v) is 4.62. The van der Waals surface area contributed by atoms with Crippen molar-refractivity contribution in [1.29, 1.82) is 0 Å². The molecule has 0 aliphatic rings. The molecule has 24 heavy (non-hydrogen) atoms. The quantitative estimate of drug-likeness (QED) is 0.538. The number of benzene rings is 2. The van der Waals surface area contributed by atoms with Crippen molar-refractivity contribution in [3.63, 3.8) is 0 Å². The van der Waals surface area contributed by atoms with Crippen molar-refractivity contribution in [3.8, 4) is 11.4 Å². The van der Waals surface area contributed by atoms with Crippen molar-refractivity contribution in [2.45, 2.75) is 25.4 Å². The number of rotatable bonds is 6. The summed E-state index contributed by atoms with van der Waals surface area (Å²) in [6.07, 6.45) is 1.01. The lowest BCUT2D eigenvalue weighted by molar-refractivity contribution is 0.102. The molecular formula is C19H19N3OS. The molecule has 1 heterocycles. The fraction of sp³-hybridized carbons (Fsp3) is 0.211. The largest absolute Gasteiger partial charge is 0.293 e. The molecule has 0 spiro atoms. The molecule has 122 valence electrons. The number of aryl methyl sites for hydroxylation is 2. The van der Waals surface area contributed by atoms with Gasteiger partial charge in [0.1, 0.15) is 0 Å². The Balaban J connectivity index is 1.64. The van der Waals surface area contributed by atoms with Crippen molar-refractivity contribution in [1.82, 2.24) is 15.2 Å². The van der Waals surface area contributed by atoms with Gasteiger partial charge in [-0.15, -0.1) is 5.10 Å². The van der Waals surface area contributed by atoms with Crippen LogP contribution in [0.3, 0.4) is 0 Å². The lowest BCUT2D eigenvalue weighted by Gasteiger charge is -2.00. The lowest BCUT2D eigenvalue weighted by atomic mass is 10.1. The number of Topliss-reactive ketones (excluding diaryl/α,β-unsaturated/α-hetero) is 1. The average molecular weight is 337 g/mol. The minimum absolute atomic E-state index is 0.0855. The second kappa shape index (κ2) is 7.45. The Morgan fingerprint density at radius 3 is 2.67 bits per heavy atom. The van der Waals surface area contributed by atoms with E-state index in [2.05, 4.69) is 34.2 Å². The second-order valence-corrected chi connectivity index (χ2v) is 6.54. The van der Waals surface area contributed by atoms with Gasteiger partial charge in [0, 0.05) is 11.1 Å². The molecule has 1 aromatic heterocycles. The van der Waals surface area contributed by atoms with Gasteiger partial charge in [-0.2, -0.15) is 0 Å². The van der Waals surface area contributed by atoms with E-state index in [1.807, 2.05) is 43.3 Å². The highest BCUT2D eigenvalue weighted by molar-refractivity contribution is 7.99. The molecular weight excluding hydrogens is 318 g/mol. The summed E-state index contributed by atoms with van der Waals surface area (Å²) in [4.78, 5) is 16.7. The van der Waals surface area contributed by atoms with Crippen molar-refractivity contribution in [2.24, 2.45) is 0 Å². The number of hydrogen-bond acceptors (Lipinski definition) is 4. The Labute approximate surface area is 145 Å². The smallest absolute Gasteiger partial charge is 0.209 e. The van der Waals surface area contributed by atoms with Gasteiger partial charge in [-0.25, -0.2) is 4.98 Å². The lowest BCUT2D eigenvalue weighted by Crippen LogP contribution is -2.02. The molecule has 1 N–H and O–H groups in total. The third-order valence-electron chi connectivity index (χ3n) is 3.77. The van der Waals surface area contributed by atoms with E-state index in [-0.39, 0.29) is 5.78 Å². The van der Waals surface area contributed by atoms with Crippen molar-refractivity contribution >= 4 is 17.5 Å². The number of thioether (sulfide) groups is 1. The van der Waals surface area contributed by atoms with Crippen LogP contribution in [-0.4, -0.2) is 26.7 Å². The van der Waals surface area contributed by atoms with Gasteiger partial charge < -0.3 is 0 Å². The van der Waals surface area contributed by atoms with Crippen LogP contribution in [0.2, 0.25) is 0 Å². The predicted molar refractivity (Wildman–Crippen MR) is 97.4 cm³/mol. The Morgan fingerprint density at radius 2 is 1.96 bits per heavy atom. The summed E-state index contributed by atoms with van der Waals surface area (Å²) in [5.41, 5.74) is 4.10. The molecule has 0 bridgehead atoms. The number of aromatic amines is 1. The third kappa shape index (κ3) is 3.92. The molecule has 0 radical (unpaired) electrons. The number of nitrogens with one attached hydrogen (secondary N) is 1. The van der Waals surface area contributed by atoms with Crippen LogP contribution in [0.15, 0.2) is 53.7 Å². The van der Waals surface area contributed by atoms with Gasteiger partial charge in [0.15, 0.2) is 11.6 Å². The van der Waals surface area contributed by atoms with Crippen LogP contribution >= 0.6 is 11.8 Å². The van der Waals surface area contributed by atoms with E-state index in [0.717, 1.165) is 28.9 Å². The zero-order valence-electron chi connectivity index (χ0n) is 13.7. The number of carbonyl (C=O) groups is 1. The topological polar surface area (TPSA) is 58.6 Å². The van der Waals surface area contributed by atoms with Gasteiger partial charge in [-0.05, 0) is 25.0 Å². The van der Waals surface area contributed by atoms with Gasteiger partial charge in [-0.1, -0.05) is 66.7 Å². The first-order valence-electron chi connectivity index (χ1n) is 7.90. The maximum Gasteiger partial charge on any atom is 0.209 e. The van der Waals surface area contributed by atoms with Crippen molar-refractivity contribution in [2.75, 3.05) is 5.75 Å². The minimum Gasteiger partial charge on any atom is -0.293 e. The summed E-state index contributed by atoms with van der Waals surface area (Å²) in [5, 5.41) is 7.72. The van der Waals surface area contributed by atoms with E-state index in [0.29, 0.717) is 10.9 Å².